The van der Waals surface area contributed by atoms with E-state index in [0.717, 1.165) is 86.2 Å². The molecule has 0 amide bonds. The van der Waals surface area contributed by atoms with Gasteiger partial charge in [0.05, 0.1) is 0 Å². The van der Waals surface area contributed by atoms with E-state index >= 15 is 0 Å². The third-order valence-corrected chi connectivity index (χ3v) is 8.84. The molecule has 4 aliphatic heterocycles. The van der Waals surface area contributed by atoms with Crippen LogP contribution in [0.2, 0.25) is 0 Å². The second kappa shape index (κ2) is 17.8. The van der Waals surface area contributed by atoms with Crippen LogP contribution in [0.15, 0.2) is 134 Å². The first-order valence-electron chi connectivity index (χ1n) is 17.5. The van der Waals surface area contributed by atoms with Gasteiger partial charge in [0.2, 0.25) is 0 Å². The Kier molecular flexibility index (Phi) is 12.3. The molecule has 0 radical (unpaired) electrons. The van der Waals surface area contributed by atoms with Crippen molar-refractivity contribution in [2.75, 3.05) is 39.3 Å². The minimum Gasteiger partial charge on any atom is -0.478 e. The number of benzene rings is 4. The van der Waals surface area contributed by atoms with Crippen molar-refractivity contribution in [2.45, 2.75) is 12.8 Å². The van der Waals surface area contributed by atoms with Crippen LogP contribution in [0.25, 0.3) is 23.3 Å². The highest BCUT2D eigenvalue weighted by Gasteiger charge is 2.20. The average molecular weight is 695 g/mol. The average Bonchev–Trinajstić information content (AvgIpc) is 3.43. The predicted molar refractivity (Wildman–Crippen MR) is 206 cm³/mol. The van der Waals surface area contributed by atoms with Gasteiger partial charge in [-0.1, -0.05) is 97.1 Å². The van der Waals surface area contributed by atoms with Gasteiger partial charge >= 0.3 is 11.9 Å². The largest absolute Gasteiger partial charge is 0.478 e. The molecule has 0 saturated carbocycles. The summed E-state index contributed by atoms with van der Waals surface area (Å²) in [7, 11) is 0. The van der Waals surface area contributed by atoms with Gasteiger partial charge in [-0.05, 0) is 60.4 Å². The van der Waals surface area contributed by atoms with Gasteiger partial charge in [-0.3, -0.25) is 9.80 Å². The molecule has 4 aromatic carbocycles. The summed E-state index contributed by atoms with van der Waals surface area (Å²) in [6.45, 7) is 6.22. The van der Waals surface area contributed by atoms with E-state index in [1.54, 1.807) is 0 Å². The third-order valence-electron chi connectivity index (χ3n) is 8.84. The summed E-state index contributed by atoms with van der Waals surface area (Å²) < 4.78 is 12.3. The number of carbonyl (C=O) groups is 2. The highest BCUT2D eigenvalue weighted by molar-refractivity contribution is 5.90. The standard InChI is InChI=1S/2C20H19NO.C4H4O4/c2*1-6-12-21(13-7-1)15-17-14-16-8-2-4-10-19(16)22-20-11-5-3-9-18(17)20;5-3(6)1-2-4(7)8/h2*1-6,8-11,14H,7,12-13,15H2;1-2H,(H,5,6)(H,7,8)/b;;2-1-. The molecule has 4 heterocycles. The Morgan fingerprint density at radius 3 is 1.31 bits per heavy atom. The Morgan fingerprint density at radius 2 is 0.923 bits per heavy atom. The Hall–Kier alpha value is -5.96. The van der Waals surface area contributed by atoms with Crippen LogP contribution in [0.5, 0.6) is 23.0 Å². The zero-order valence-electron chi connectivity index (χ0n) is 28.9. The van der Waals surface area contributed by atoms with Crippen molar-refractivity contribution in [1.82, 2.24) is 9.80 Å². The molecule has 0 spiro atoms. The number of hydrogen-bond acceptors (Lipinski definition) is 6. The SMILES string of the molecule is C1=CCN(CC2=Cc3ccccc3Oc3ccccc32)CC1.C1=CCN(CC2=Cc3ccccc3Oc3ccccc32)CC1.O=C(O)/C=C\C(=O)O. The lowest BCUT2D eigenvalue weighted by molar-refractivity contribution is -0.134. The quantitative estimate of drug-likeness (QED) is 0.153. The van der Waals surface area contributed by atoms with E-state index in [0.29, 0.717) is 12.2 Å². The molecule has 52 heavy (non-hydrogen) atoms. The lowest BCUT2D eigenvalue weighted by Gasteiger charge is -2.24. The first kappa shape index (κ1) is 35.9. The van der Waals surface area contributed by atoms with E-state index in [2.05, 4.69) is 107 Å². The van der Waals surface area contributed by atoms with Crippen molar-refractivity contribution in [1.29, 1.82) is 0 Å². The summed E-state index contributed by atoms with van der Waals surface area (Å²) in [6, 6.07) is 33.2. The van der Waals surface area contributed by atoms with Gasteiger partial charge in [-0.25, -0.2) is 9.59 Å². The molecule has 0 bridgehead atoms. The van der Waals surface area contributed by atoms with Crippen LogP contribution >= 0.6 is 0 Å². The molecule has 0 aromatic heterocycles. The van der Waals surface area contributed by atoms with Crippen LogP contribution < -0.4 is 9.47 Å². The van der Waals surface area contributed by atoms with Gasteiger partial charge in [-0.2, -0.15) is 0 Å². The summed E-state index contributed by atoms with van der Waals surface area (Å²) in [5.74, 6) is 1.25. The summed E-state index contributed by atoms with van der Waals surface area (Å²) in [5, 5.41) is 15.6. The maximum atomic E-state index is 9.55. The molecule has 0 saturated heterocycles. The smallest absolute Gasteiger partial charge is 0.328 e. The summed E-state index contributed by atoms with van der Waals surface area (Å²) in [6.07, 6.45) is 17.0. The molecular weight excluding hydrogens is 652 g/mol. The Bertz CT molecular complexity index is 1900. The molecule has 0 fully saturated rings. The monoisotopic (exact) mass is 694 g/mol. The maximum Gasteiger partial charge on any atom is 0.328 e. The molecule has 2 N–H and O–H groups in total. The lowest BCUT2D eigenvalue weighted by Crippen LogP contribution is -2.28. The van der Waals surface area contributed by atoms with Gasteiger partial charge in [0.25, 0.3) is 0 Å². The van der Waals surface area contributed by atoms with Gasteiger partial charge in [0, 0.05) is 73.7 Å². The number of hydrogen-bond donors (Lipinski definition) is 2. The summed E-state index contributed by atoms with van der Waals surface area (Å²) >= 11 is 0. The van der Waals surface area contributed by atoms with Crippen molar-refractivity contribution >= 4 is 35.2 Å². The second-order valence-electron chi connectivity index (χ2n) is 12.6. The van der Waals surface area contributed by atoms with E-state index in [1.807, 2.05) is 36.4 Å². The lowest BCUT2D eigenvalue weighted by atomic mass is 10.0. The highest BCUT2D eigenvalue weighted by atomic mass is 16.5. The molecule has 8 nitrogen and oxygen atoms in total. The first-order valence-corrected chi connectivity index (χ1v) is 17.5. The molecule has 0 atom stereocenters. The number of para-hydroxylation sites is 4. The number of ether oxygens (including phenoxy) is 2. The van der Waals surface area contributed by atoms with Crippen molar-refractivity contribution in [3.63, 3.8) is 0 Å². The normalized spacial score (nSPS) is 15.8. The molecule has 8 heteroatoms. The number of nitrogens with zero attached hydrogens (tertiary/aromatic N) is 2. The van der Waals surface area contributed by atoms with Crippen LogP contribution in [0, 0.1) is 0 Å². The van der Waals surface area contributed by atoms with Crippen molar-refractivity contribution in [2.24, 2.45) is 0 Å². The fraction of sp³-hybridized carbons (Fsp3) is 0.182. The topological polar surface area (TPSA) is 99.5 Å². The van der Waals surface area contributed by atoms with Crippen LogP contribution in [-0.4, -0.2) is 71.2 Å². The zero-order chi connectivity index (χ0) is 36.1. The van der Waals surface area contributed by atoms with E-state index in [4.69, 9.17) is 19.7 Å². The summed E-state index contributed by atoms with van der Waals surface area (Å²) in [4.78, 5) is 24.1. The van der Waals surface area contributed by atoms with Crippen LogP contribution in [0.3, 0.4) is 0 Å². The third kappa shape index (κ3) is 9.84. The predicted octanol–water partition coefficient (Wildman–Crippen LogP) is 8.90. The van der Waals surface area contributed by atoms with Crippen LogP contribution in [0.4, 0.5) is 0 Å². The van der Waals surface area contributed by atoms with E-state index < -0.39 is 11.9 Å². The molecule has 0 aliphatic carbocycles. The number of carboxylic acid groups (broad SMARTS) is 2. The maximum absolute atomic E-state index is 9.55. The molecular formula is C44H42N2O6. The van der Waals surface area contributed by atoms with Gasteiger partial charge in [0.15, 0.2) is 0 Å². The Balaban J connectivity index is 0.000000149. The number of rotatable bonds is 6. The second-order valence-corrected chi connectivity index (χ2v) is 12.6. The zero-order valence-corrected chi connectivity index (χ0v) is 28.9. The van der Waals surface area contributed by atoms with Gasteiger partial charge in [-0.15, -0.1) is 0 Å². The molecule has 8 rings (SSSR count). The first-order chi connectivity index (χ1) is 25.4. The van der Waals surface area contributed by atoms with Crippen molar-refractivity contribution in [3.8, 4) is 23.0 Å². The van der Waals surface area contributed by atoms with Crippen molar-refractivity contribution < 1.29 is 29.3 Å². The van der Waals surface area contributed by atoms with E-state index in [1.165, 1.54) is 22.3 Å². The van der Waals surface area contributed by atoms with Gasteiger partial charge in [0.1, 0.15) is 23.0 Å². The number of aliphatic carboxylic acids is 2. The molecule has 264 valence electrons. The minimum absolute atomic E-state index is 0.558. The molecule has 0 unspecified atom stereocenters. The van der Waals surface area contributed by atoms with E-state index in [-0.39, 0.29) is 0 Å². The van der Waals surface area contributed by atoms with E-state index in [9.17, 15) is 9.59 Å². The number of carboxylic acids is 2. The molecule has 4 aliphatic rings. The Labute approximate surface area is 304 Å². The summed E-state index contributed by atoms with van der Waals surface area (Å²) in [5.41, 5.74) is 7.37. The van der Waals surface area contributed by atoms with Crippen LogP contribution in [-0.2, 0) is 9.59 Å². The highest BCUT2D eigenvalue weighted by Crippen LogP contribution is 2.39. The minimum atomic E-state index is -1.26. The fourth-order valence-electron chi connectivity index (χ4n) is 6.35. The molecule has 4 aromatic rings. The van der Waals surface area contributed by atoms with Crippen molar-refractivity contribution in [3.05, 3.63) is 156 Å². The fourth-order valence-corrected chi connectivity index (χ4v) is 6.35. The Morgan fingerprint density at radius 1 is 0.538 bits per heavy atom. The van der Waals surface area contributed by atoms with Gasteiger partial charge < -0.3 is 19.7 Å². The van der Waals surface area contributed by atoms with Crippen LogP contribution in [0.1, 0.15) is 35.1 Å². The number of fused-ring (bicyclic) bond motifs is 4.